The molecule has 0 saturated carbocycles. The van der Waals surface area contributed by atoms with Crippen LogP contribution >= 0.6 is 0 Å². The maximum Gasteiger partial charge on any atom is 0.240 e. The lowest BCUT2D eigenvalue weighted by molar-refractivity contribution is -0.121. The van der Waals surface area contributed by atoms with Crippen LogP contribution in [0, 0.1) is 0 Å². The van der Waals surface area contributed by atoms with E-state index in [0.29, 0.717) is 12.3 Å². The number of rotatable bonds is 5. The maximum atomic E-state index is 12.2. The summed E-state index contributed by atoms with van der Waals surface area (Å²) in [5, 5.41) is 0. The Kier molecular flexibility index (Phi) is 4.47. The highest BCUT2D eigenvalue weighted by molar-refractivity contribution is 7.89. The number of carbonyl (C=O) groups is 2. The number of nitrogens with zero attached hydrogens (tertiary/aromatic N) is 1. The first-order valence-electron chi connectivity index (χ1n) is 7.54. The van der Waals surface area contributed by atoms with Crippen LogP contribution < -0.4 is 9.62 Å². The molecule has 0 unspecified atom stereocenters. The highest BCUT2D eigenvalue weighted by Gasteiger charge is 2.30. The molecule has 1 aromatic carbocycles. The van der Waals surface area contributed by atoms with Crippen molar-refractivity contribution in [2.24, 2.45) is 0 Å². The Morgan fingerprint density at radius 1 is 1.13 bits per heavy atom. The second kappa shape index (κ2) is 6.38. The summed E-state index contributed by atoms with van der Waals surface area (Å²) >= 11 is 0. The van der Waals surface area contributed by atoms with Gasteiger partial charge in [0.1, 0.15) is 0 Å². The topological polar surface area (TPSA) is 92.8 Å². The fraction of sp³-hybridized carbons (Fsp3) is 0.467. The van der Waals surface area contributed by atoms with Gasteiger partial charge in [0.2, 0.25) is 21.8 Å². The van der Waals surface area contributed by atoms with Gasteiger partial charge in [-0.05, 0) is 37.1 Å². The summed E-state index contributed by atoms with van der Waals surface area (Å²) in [6.07, 6.45) is 2.10. The fourth-order valence-electron chi connectivity index (χ4n) is 2.73. The van der Waals surface area contributed by atoms with Gasteiger partial charge in [-0.1, -0.05) is 0 Å². The first-order valence-corrected chi connectivity index (χ1v) is 9.03. The number of carbonyl (C=O) groups excluding carboxylic acids is 2. The van der Waals surface area contributed by atoms with E-state index < -0.39 is 10.0 Å². The molecule has 2 aliphatic rings. The average Bonchev–Trinajstić information content (AvgIpc) is 3.16. The predicted molar refractivity (Wildman–Crippen MR) is 82.3 cm³/mol. The van der Waals surface area contributed by atoms with Gasteiger partial charge in [-0.3, -0.25) is 14.5 Å². The Bertz CT molecular complexity index is 692. The van der Waals surface area contributed by atoms with E-state index in [1.807, 2.05) is 0 Å². The summed E-state index contributed by atoms with van der Waals surface area (Å²) in [6.45, 7) is 0.909. The van der Waals surface area contributed by atoms with E-state index in [1.54, 1.807) is 0 Å². The third-order valence-electron chi connectivity index (χ3n) is 3.98. The molecule has 2 aliphatic heterocycles. The molecule has 0 aliphatic carbocycles. The number of imide groups is 1. The second-order valence-electron chi connectivity index (χ2n) is 5.60. The maximum absolute atomic E-state index is 12.2. The van der Waals surface area contributed by atoms with E-state index in [1.165, 1.54) is 24.3 Å². The van der Waals surface area contributed by atoms with Gasteiger partial charge in [-0.15, -0.1) is 0 Å². The molecular weight excluding hydrogens is 320 g/mol. The summed E-state index contributed by atoms with van der Waals surface area (Å²) in [7, 11) is -3.63. The standard InChI is InChI=1S/C15H18N2O5S/c18-14-7-8-15(19)17(14)11-3-5-13(6-4-11)23(20,21)16-10-12-2-1-9-22-12/h3-6,12,16H,1-2,7-10H2/t12-/m0/s1. The van der Waals surface area contributed by atoms with Gasteiger partial charge in [0.15, 0.2) is 0 Å². The molecule has 124 valence electrons. The van der Waals surface area contributed by atoms with Crippen LogP contribution in [-0.4, -0.2) is 39.5 Å². The molecule has 8 heteroatoms. The molecule has 0 bridgehead atoms. The van der Waals surface area contributed by atoms with Crippen LogP contribution in [0.25, 0.3) is 0 Å². The number of sulfonamides is 1. The minimum atomic E-state index is -3.63. The largest absolute Gasteiger partial charge is 0.377 e. The first-order chi connectivity index (χ1) is 11.0. The van der Waals surface area contributed by atoms with Crippen LogP contribution in [0.15, 0.2) is 29.2 Å². The van der Waals surface area contributed by atoms with Gasteiger partial charge in [0.25, 0.3) is 0 Å². The van der Waals surface area contributed by atoms with Gasteiger partial charge in [-0.25, -0.2) is 13.1 Å². The Labute approximate surface area is 134 Å². The molecule has 1 atom stereocenters. The Morgan fingerprint density at radius 2 is 1.78 bits per heavy atom. The molecule has 2 saturated heterocycles. The molecule has 1 aromatic rings. The van der Waals surface area contributed by atoms with Crippen molar-refractivity contribution < 1.29 is 22.7 Å². The van der Waals surface area contributed by atoms with Gasteiger partial charge in [0.05, 0.1) is 16.7 Å². The van der Waals surface area contributed by atoms with E-state index >= 15 is 0 Å². The van der Waals surface area contributed by atoms with Crippen molar-refractivity contribution in [3.05, 3.63) is 24.3 Å². The third-order valence-corrected chi connectivity index (χ3v) is 5.42. The zero-order valence-electron chi connectivity index (χ0n) is 12.5. The Morgan fingerprint density at radius 3 is 2.35 bits per heavy atom. The van der Waals surface area contributed by atoms with E-state index in [0.717, 1.165) is 17.7 Å². The van der Waals surface area contributed by atoms with E-state index in [-0.39, 0.29) is 42.2 Å². The summed E-state index contributed by atoms with van der Waals surface area (Å²) < 4.78 is 32.4. The zero-order chi connectivity index (χ0) is 16.4. The molecule has 2 fully saturated rings. The highest BCUT2D eigenvalue weighted by Crippen LogP contribution is 2.24. The summed E-state index contributed by atoms with van der Waals surface area (Å²) in [4.78, 5) is 24.5. The quantitative estimate of drug-likeness (QED) is 0.802. The van der Waals surface area contributed by atoms with Crippen LogP contribution in [0.1, 0.15) is 25.7 Å². The molecule has 1 N–H and O–H groups in total. The molecular formula is C15H18N2O5S. The van der Waals surface area contributed by atoms with Gasteiger partial charge < -0.3 is 4.74 Å². The van der Waals surface area contributed by atoms with Crippen molar-refractivity contribution in [2.45, 2.75) is 36.7 Å². The number of hydrogen-bond acceptors (Lipinski definition) is 5. The van der Waals surface area contributed by atoms with E-state index in [4.69, 9.17) is 4.74 Å². The zero-order valence-corrected chi connectivity index (χ0v) is 13.3. The van der Waals surface area contributed by atoms with Crippen molar-refractivity contribution in [1.82, 2.24) is 4.72 Å². The number of ether oxygens (including phenoxy) is 1. The van der Waals surface area contributed by atoms with Crippen molar-refractivity contribution in [3.63, 3.8) is 0 Å². The first kappa shape index (κ1) is 16.1. The van der Waals surface area contributed by atoms with Crippen LogP contribution in [0.4, 0.5) is 5.69 Å². The minimum absolute atomic E-state index is 0.0797. The molecule has 0 radical (unpaired) electrons. The van der Waals surface area contributed by atoms with Gasteiger partial charge in [-0.2, -0.15) is 0 Å². The Hall–Kier alpha value is -1.77. The lowest BCUT2D eigenvalue weighted by Crippen LogP contribution is -2.32. The second-order valence-corrected chi connectivity index (χ2v) is 7.37. The van der Waals surface area contributed by atoms with Crippen molar-refractivity contribution in [2.75, 3.05) is 18.1 Å². The van der Waals surface area contributed by atoms with Crippen LogP contribution in [0.5, 0.6) is 0 Å². The smallest absolute Gasteiger partial charge is 0.240 e. The number of amides is 2. The Balaban J connectivity index is 1.70. The summed E-state index contributed by atoms with van der Waals surface area (Å²) in [6, 6.07) is 5.74. The van der Waals surface area contributed by atoms with Crippen molar-refractivity contribution in [3.8, 4) is 0 Å². The SMILES string of the molecule is O=C1CCC(=O)N1c1ccc(S(=O)(=O)NC[C@@H]2CCCO2)cc1. The minimum Gasteiger partial charge on any atom is -0.377 e. The van der Waals surface area contributed by atoms with Gasteiger partial charge >= 0.3 is 0 Å². The molecule has 2 amide bonds. The predicted octanol–water partition coefficient (Wildman–Crippen LogP) is 0.797. The number of hydrogen-bond donors (Lipinski definition) is 1. The van der Waals surface area contributed by atoms with Crippen molar-refractivity contribution >= 4 is 27.5 Å². The average molecular weight is 338 g/mol. The monoisotopic (exact) mass is 338 g/mol. The lowest BCUT2D eigenvalue weighted by atomic mass is 10.2. The molecule has 0 aromatic heterocycles. The number of benzene rings is 1. The summed E-state index contributed by atoms with van der Waals surface area (Å²) in [5.74, 6) is -0.524. The summed E-state index contributed by atoms with van der Waals surface area (Å²) in [5.41, 5.74) is 0.399. The molecule has 2 heterocycles. The van der Waals surface area contributed by atoms with Crippen LogP contribution in [0.3, 0.4) is 0 Å². The molecule has 0 spiro atoms. The molecule has 3 rings (SSSR count). The highest BCUT2D eigenvalue weighted by atomic mass is 32.2. The van der Waals surface area contributed by atoms with Crippen LogP contribution in [0.2, 0.25) is 0 Å². The fourth-order valence-corrected chi connectivity index (χ4v) is 3.80. The molecule has 23 heavy (non-hydrogen) atoms. The van der Waals surface area contributed by atoms with E-state index in [2.05, 4.69) is 4.72 Å². The number of nitrogens with one attached hydrogen (secondary N) is 1. The van der Waals surface area contributed by atoms with Crippen molar-refractivity contribution in [1.29, 1.82) is 0 Å². The number of anilines is 1. The van der Waals surface area contributed by atoms with Gasteiger partial charge in [0, 0.05) is 26.0 Å². The third kappa shape index (κ3) is 3.44. The normalized spacial score (nSPS) is 22.1. The lowest BCUT2D eigenvalue weighted by Gasteiger charge is -2.15. The van der Waals surface area contributed by atoms with Crippen LogP contribution in [-0.2, 0) is 24.3 Å². The molecule has 7 nitrogen and oxygen atoms in total. The van der Waals surface area contributed by atoms with E-state index in [9.17, 15) is 18.0 Å².